The van der Waals surface area contributed by atoms with E-state index in [1.54, 1.807) is 0 Å². The monoisotopic (exact) mass is 358 g/mol. The van der Waals surface area contributed by atoms with Crippen molar-refractivity contribution in [1.82, 2.24) is 4.90 Å². The molecule has 1 N–H and O–H groups in total. The maximum Gasteiger partial charge on any atom is 0.407 e. The summed E-state index contributed by atoms with van der Waals surface area (Å²) in [6.45, 7) is 1.15. The number of nitriles is 1. The van der Waals surface area contributed by atoms with Gasteiger partial charge in [0.2, 0.25) is 0 Å². The molecule has 1 saturated heterocycles. The van der Waals surface area contributed by atoms with Crippen molar-refractivity contribution in [2.75, 3.05) is 13.1 Å². The first-order valence-electron chi connectivity index (χ1n) is 6.01. The third-order valence-electron chi connectivity index (χ3n) is 3.74. The van der Waals surface area contributed by atoms with Gasteiger partial charge in [-0.2, -0.15) is 5.26 Å². The zero-order chi connectivity index (χ0) is 13.2. The molecule has 0 aromatic heterocycles. The molecule has 5 heteroatoms. The van der Waals surface area contributed by atoms with E-state index in [0.717, 1.165) is 12.8 Å². The van der Waals surface area contributed by atoms with Crippen molar-refractivity contribution >= 4 is 28.7 Å². The Morgan fingerprint density at radius 2 is 2.11 bits per heavy atom. The van der Waals surface area contributed by atoms with Crippen molar-refractivity contribution in [3.05, 3.63) is 24.3 Å². The molecule has 18 heavy (non-hydrogen) atoms. The van der Waals surface area contributed by atoms with Gasteiger partial charge in [-0.3, -0.25) is 0 Å². The first-order valence-corrected chi connectivity index (χ1v) is 7.09. The predicted molar refractivity (Wildman–Crippen MR) is 76.5 cm³/mol. The number of piperidine rings is 1. The Morgan fingerprint density at radius 3 is 2.67 bits per heavy atom. The topological polar surface area (TPSA) is 64.3 Å². The zero-order valence-electron chi connectivity index (χ0n) is 9.92. The van der Waals surface area contributed by atoms with E-state index in [-0.39, 0.29) is 5.92 Å². The van der Waals surface area contributed by atoms with E-state index >= 15 is 0 Å². The van der Waals surface area contributed by atoms with Crippen LogP contribution in [0.15, 0.2) is 24.3 Å². The van der Waals surface area contributed by atoms with E-state index in [4.69, 9.17) is 5.11 Å². The van der Waals surface area contributed by atoms with Crippen molar-refractivity contribution in [3.8, 4) is 6.07 Å². The highest BCUT2D eigenvalue weighted by Crippen LogP contribution is 2.41. The number of hydrogen-bond donors (Lipinski definition) is 1. The van der Waals surface area contributed by atoms with Crippen molar-refractivity contribution in [3.63, 3.8) is 0 Å². The molecule has 2 aliphatic rings. The van der Waals surface area contributed by atoms with Crippen LogP contribution in [0, 0.1) is 23.2 Å². The average molecular weight is 358 g/mol. The van der Waals surface area contributed by atoms with Crippen LogP contribution in [0.5, 0.6) is 0 Å². The number of carboxylic acid groups (broad SMARTS) is 1. The van der Waals surface area contributed by atoms with Gasteiger partial charge in [0.1, 0.15) is 3.42 Å². The summed E-state index contributed by atoms with van der Waals surface area (Å²) in [6, 6.07) is 2.38. The lowest BCUT2D eigenvalue weighted by Gasteiger charge is -2.38. The molecule has 1 aliphatic carbocycles. The van der Waals surface area contributed by atoms with E-state index in [0.29, 0.717) is 19.0 Å². The highest BCUT2D eigenvalue weighted by Gasteiger charge is 2.40. The Kier molecular flexibility index (Phi) is 3.95. The number of likely N-dealkylation sites (tertiary alicyclic amines) is 1. The Morgan fingerprint density at radius 1 is 1.44 bits per heavy atom. The Balaban J connectivity index is 2.06. The second-order valence-electron chi connectivity index (χ2n) is 4.76. The number of alkyl halides is 1. The fourth-order valence-corrected chi connectivity index (χ4v) is 3.62. The maximum atomic E-state index is 10.9. The summed E-state index contributed by atoms with van der Waals surface area (Å²) in [4.78, 5) is 12.3. The molecule has 0 bridgehead atoms. The van der Waals surface area contributed by atoms with Crippen LogP contribution in [-0.2, 0) is 0 Å². The van der Waals surface area contributed by atoms with Gasteiger partial charge in [0.05, 0.1) is 6.07 Å². The lowest BCUT2D eigenvalue weighted by molar-refractivity contribution is 0.116. The van der Waals surface area contributed by atoms with E-state index in [1.807, 2.05) is 18.2 Å². The van der Waals surface area contributed by atoms with Gasteiger partial charge < -0.3 is 10.0 Å². The molecular formula is C13H15IN2O2. The maximum absolute atomic E-state index is 10.9. The van der Waals surface area contributed by atoms with Crippen molar-refractivity contribution < 1.29 is 9.90 Å². The molecule has 0 aromatic rings. The van der Waals surface area contributed by atoms with Crippen LogP contribution in [0.3, 0.4) is 0 Å². The van der Waals surface area contributed by atoms with Crippen LogP contribution in [-0.4, -0.2) is 32.6 Å². The quantitative estimate of drug-likeness (QED) is 0.579. The molecule has 0 spiro atoms. The molecule has 1 aliphatic heterocycles. The highest BCUT2D eigenvalue weighted by atomic mass is 127. The Bertz CT molecular complexity index is 433. The molecule has 2 atom stereocenters. The van der Waals surface area contributed by atoms with Gasteiger partial charge >= 0.3 is 6.09 Å². The molecule has 2 rings (SSSR count). The fourth-order valence-electron chi connectivity index (χ4n) is 2.69. The number of rotatable bonds is 1. The van der Waals surface area contributed by atoms with Crippen LogP contribution < -0.4 is 0 Å². The largest absolute Gasteiger partial charge is 0.465 e. The Labute approximate surface area is 120 Å². The van der Waals surface area contributed by atoms with Gasteiger partial charge in [-0.25, -0.2) is 4.79 Å². The zero-order valence-corrected chi connectivity index (χ0v) is 12.1. The summed E-state index contributed by atoms with van der Waals surface area (Å²) in [6.07, 6.45) is 8.77. The van der Waals surface area contributed by atoms with Crippen LogP contribution in [0.4, 0.5) is 4.79 Å². The number of nitrogens with zero attached hydrogens (tertiary/aromatic N) is 2. The molecular weight excluding hydrogens is 343 g/mol. The van der Waals surface area contributed by atoms with Crippen molar-refractivity contribution in [1.29, 1.82) is 5.26 Å². The minimum atomic E-state index is -0.839. The molecule has 4 nitrogen and oxygen atoms in total. The standard InChI is InChI=1S/C13H15IN2O2/c14-13(9-15)6-2-1-3-11(13)10-4-7-16(8-5-10)12(17)18/h1-3,6,10-11H,4-5,7-8H2,(H,17,18). The second-order valence-corrected chi connectivity index (χ2v) is 6.54. The number of hydrogen-bond acceptors (Lipinski definition) is 2. The Hall–Kier alpha value is -1.03. The van der Waals surface area contributed by atoms with Crippen LogP contribution in [0.2, 0.25) is 0 Å². The first kappa shape index (κ1) is 13.4. The smallest absolute Gasteiger partial charge is 0.407 e. The summed E-state index contributed by atoms with van der Waals surface area (Å²) in [5, 5.41) is 18.3. The SMILES string of the molecule is N#CC1(I)C=CC=CC1C1CCN(C(=O)O)CC1. The number of amides is 1. The van der Waals surface area contributed by atoms with Crippen LogP contribution in [0.1, 0.15) is 12.8 Å². The minimum Gasteiger partial charge on any atom is -0.465 e. The van der Waals surface area contributed by atoms with Gasteiger partial charge in [-0.1, -0.05) is 46.9 Å². The summed E-state index contributed by atoms with van der Waals surface area (Å²) in [7, 11) is 0. The highest BCUT2D eigenvalue weighted by molar-refractivity contribution is 14.1. The van der Waals surface area contributed by atoms with Gasteiger partial charge in [0.15, 0.2) is 0 Å². The summed E-state index contributed by atoms with van der Waals surface area (Å²) in [5.41, 5.74) is 0. The average Bonchev–Trinajstić information content (AvgIpc) is 2.39. The summed E-state index contributed by atoms with van der Waals surface area (Å²) < 4.78 is -0.484. The van der Waals surface area contributed by atoms with E-state index in [9.17, 15) is 10.1 Å². The first-order chi connectivity index (χ1) is 8.57. The number of allylic oxidation sites excluding steroid dienone is 4. The molecule has 1 amide bonds. The van der Waals surface area contributed by atoms with E-state index in [1.165, 1.54) is 4.90 Å². The lowest BCUT2D eigenvalue weighted by Crippen LogP contribution is -2.43. The number of halogens is 1. The summed E-state index contributed by atoms with van der Waals surface area (Å²) >= 11 is 2.21. The molecule has 2 unspecified atom stereocenters. The lowest BCUT2D eigenvalue weighted by atomic mass is 9.75. The molecule has 0 radical (unpaired) electrons. The van der Waals surface area contributed by atoms with Gasteiger partial charge in [-0.15, -0.1) is 0 Å². The molecule has 1 fully saturated rings. The molecule has 0 aromatic carbocycles. The normalized spacial score (nSPS) is 32.2. The number of carbonyl (C=O) groups is 1. The van der Waals surface area contributed by atoms with Gasteiger partial charge in [0.25, 0.3) is 0 Å². The molecule has 0 saturated carbocycles. The van der Waals surface area contributed by atoms with Crippen molar-refractivity contribution in [2.45, 2.75) is 16.3 Å². The third-order valence-corrected chi connectivity index (χ3v) is 5.06. The second kappa shape index (κ2) is 5.31. The van der Waals surface area contributed by atoms with Crippen LogP contribution >= 0.6 is 22.6 Å². The molecule has 96 valence electrons. The minimum absolute atomic E-state index is 0.184. The van der Waals surface area contributed by atoms with Crippen molar-refractivity contribution in [2.24, 2.45) is 11.8 Å². The third kappa shape index (κ3) is 2.53. The predicted octanol–water partition coefficient (Wildman–Crippen LogP) is 2.82. The van der Waals surface area contributed by atoms with Gasteiger partial charge in [-0.05, 0) is 18.8 Å². The van der Waals surface area contributed by atoms with E-state index < -0.39 is 9.51 Å². The molecule has 1 heterocycles. The van der Waals surface area contributed by atoms with Gasteiger partial charge in [0, 0.05) is 19.0 Å². The summed E-state index contributed by atoms with van der Waals surface area (Å²) in [5.74, 6) is 0.572. The fraction of sp³-hybridized carbons (Fsp3) is 0.538. The van der Waals surface area contributed by atoms with Crippen LogP contribution in [0.25, 0.3) is 0 Å². The van der Waals surface area contributed by atoms with E-state index in [2.05, 4.69) is 34.7 Å².